The number of benzene rings is 1. The molecule has 192 valence electrons. The molecule has 0 bridgehead atoms. The zero-order chi connectivity index (χ0) is 26.3. The molecule has 1 heterocycles. The van der Waals surface area contributed by atoms with Crippen molar-refractivity contribution in [3.05, 3.63) is 52.2 Å². The summed E-state index contributed by atoms with van der Waals surface area (Å²) in [6.07, 6.45) is 4.98. The van der Waals surface area contributed by atoms with Gasteiger partial charge in [-0.2, -0.15) is 0 Å². The van der Waals surface area contributed by atoms with Crippen LogP contribution in [-0.2, 0) is 14.3 Å². The summed E-state index contributed by atoms with van der Waals surface area (Å²) in [5.74, 6) is -0.692. The molecule has 0 atom stereocenters. The fraction of sp³-hybridized carbons (Fsp3) is 0.517. The number of rotatable bonds is 3. The van der Waals surface area contributed by atoms with Gasteiger partial charge in [0, 0.05) is 30.6 Å². The molecule has 0 saturated heterocycles. The molecule has 1 aromatic carbocycles. The smallest absolute Gasteiger partial charge is 0.407 e. The van der Waals surface area contributed by atoms with Gasteiger partial charge in [0.15, 0.2) is 0 Å². The second-order valence-corrected chi connectivity index (χ2v) is 12.0. The Labute approximate surface area is 218 Å². The van der Waals surface area contributed by atoms with Crippen LogP contribution in [0.3, 0.4) is 0 Å². The van der Waals surface area contributed by atoms with Crippen LogP contribution in [0.5, 0.6) is 0 Å². The van der Waals surface area contributed by atoms with Crippen molar-refractivity contribution in [3.8, 4) is 11.3 Å². The summed E-state index contributed by atoms with van der Waals surface area (Å²) < 4.78 is 5.37. The van der Waals surface area contributed by atoms with Crippen molar-refractivity contribution in [2.24, 2.45) is 5.41 Å². The first-order valence-corrected chi connectivity index (χ1v) is 13.0. The molecule has 7 heteroatoms. The van der Waals surface area contributed by atoms with Gasteiger partial charge in [-0.05, 0) is 107 Å². The van der Waals surface area contributed by atoms with E-state index < -0.39 is 17.6 Å². The molecular weight excluding hydrogens is 476 g/mol. The van der Waals surface area contributed by atoms with Crippen molar-refractivity contribution in [3.63, 3.8) is 0 Å². The Bertz CT molecular complexity index is 1130. The Balaban J connectivity index is 1.45. The van der Waals surface area contributed by atoms with Crippen molar-refractivity contribution in [2.45, 2.75) is 90.7 Å². The van der Waals surface area contributed by atoms with Crippen molar-refractivity contribution in [1.29, 1.82) is 0 Å². The molecule has 0 unspecified atom stereocenters. The van der Waals surface area contributed by atoms with Crippen molar-refractivity contribution < 1.29 is 19.1 Å². The molecule has 2 aromatic rings. The average Bonchev–Trinajstić information content (AvgIpc) is 2.76. The maximum Gasteiger partial charge on any atom is 0.407 e. The van der Waals surface area contributed by atoms with E-state index in [1.54, 1.807) is 12.3 Å². The van der Waals surface area contributed by atoms with Crippen LogP contribution in [0.1, 0.15) is 81.9 Å². The number of aryl methyl sites for hydroxylation is 2. The molecular formula is C29H35ClN2O4. The van der Waals surface area contributed by atoms with Crippen LogP contribution in [0.4, 0.5) is 4.79 Å². The molecule has 2 aliphatic carbocycles. The van der Waals surface area contributed by atoms with Crippen molar-refractivity contribution >= 4 is 29.3 Å². The number of Topliss-reactive ketones (excluding diaryl/α,β-unsaturated/α-hetero) is 2. The van der Waals surface area contributed by atoms with Gasteiger partial charge in [0.2, 0.25) is 0 Å². The number of hydrogen-bond acceptors (Lipinski definition) is 5. The van der Waals surface area contributed by atoms with Crippen LogP contribution < -0.4 is 5.32 Å². The quantitative estimate of drug-likeness (QED) is 0.477. The van der Waals surface area contributed by atoms with E-state index in [9.17, 15) is 14.4 Å². The third kappa shape index (κ3) is 5.80. The zero-order valence-corrected chi connectivity index (χ0v) is 22.5. The van der Waals surface area contributed by atoms with Crippen LogP contribution in [-0.4, -0.2) is 34.3 Å². The fourth-order valence-corrected chi connectivity index (χ4v) is 5.95. The number of aromatic nitrogens is 1. The molecule has 0 aliphatic heterocycles. The van der Waals surface area contributed by atoms with Crippen molar-refractivity contribution in [1.82, 2.24) is 10.3 Å². The standard InChI is InChI=1S/C29H35ClN2O4/c1-17-12-19(22-7-6-20(30)16-31-22)13-18(2)25(17)26-23(33)14-29(15-24(26)34)10-8-21(9-11-29)32-27(35)36-28(3,4)5/h6-7,12-13,16,21,26H,8-11,14-15H2,1-5H3,(H,32,35). The third-order valence-electron chi connectivity index (χ3n) is 7.42. The summed E-state index contributed by atoms with van der Waals surface area (Å²) in [5.41, 5.74) is 3.58. The van der Waals surface area contributed by atoms with Gasteiger partial charge in [-0.3, -0.25) is 14.6 Å². The number of hydrogen-bond donors (Lipinski definition) is 1. The Morgan fingerprint density at radius 3 is 2.14 bits per heavy atom. The van der Waals surface area contributed by atoms with E-state index in [2.05, 4.69) is 10.3 Å². The maximum absolute atomic E-state index is 13.5. The van der Waals surface area contributed by atoms with Gasteiger partial charge in [0.25, 0.3) is 0 Å². The molecule has 1 spiro atoms. The zero-order valence-electron chi connectivity index (χ0n) is 21.7. The lowest BCUT2D eigenvalue weighted by atomic mass is 9.60. The average molecular weight is 511 g/mol. The van der Waals surface area contributed by atoms with E-state index in [1.807, 2.05) is 52.8 Å². The first-order valence-electron chi connectivity index (χ1n) is 12.6. The minimum atomic E-state index is -0.708. The molecule has 2 fully saturated rings. The highest BCUT2D eigenvalue weighted by Crippen LogP contribution is 2.49. The number of ketones is 2. The monoisotopic (exact) mass is 510 g/mol. The number of ether oxygens (including phenoxy) is 1. The molecule has 6 nitrogen and oxygen atoms in total. The molecule has 1 aromatic heterocycles. The molecule has 2 aliphatic rings. The summed E-state index contributed by atoms with van der Waals surface area (Å²) in [6.45, 7) is 9.43. The van der Waals surface area contributed by atoms with Gasteiger partial charge in [-0.1, -0.05) is 11.6 Å². The summed E-state index contributed by atoms with van der Waals surface area (Å²) in [5, 5.41) is 3.52. The third-order valence-corrected chi connectivity index (χ3v) is 7.64. The van der Waals surface area contributed by atoms with E-state index >= 15 is 0 Å². The van der Waals surface area contributed by atoms with Gasteiger partial charge in [0.1, 0.15) is 23.1 Å². The van der Waals surface area contributed by atoms with E-state index in [1.165, 1.54) is 0 Å². The van der Waals surface area contributed by atoms with Gasteiger partial charge in [-0.25, -0.2) is 4.79 Å². The lowest BCUT2D eigenvalue weighted by Crippen LogP contribution is -2.46. The number of halogens is 1. The summed E-state index contributed by atoms with van der Waals surface area (Å²) in [6, 6.07) is 7.67. The van der Waals surface area contributed by atoms with E-state index in [-0.39, 0.29) is 23.0 Å². The molecule has 0 radical (unpaired) electrons. The SMILES string of the molecule is Cc1cc(-c2ccc(Cl)cn2)cc(C)c1C1C(=O)CC2(CCC(NC(=O)OC(C)(C)C)CC2)CC1=O. The van der Waals surface area contributed by atoms with E-state index in [0.29, 0.717) is 17.9 Å². The topological polar surface area (TPSA) is 85.4 Å². The first-order chi connectivity index (χ1) is 16.9. The number of carbonyl (C=O) groups excluding carboxylic acids is 3. The number of carbonyl (C=O) groups is 3. The highest BCUT2D eigenvalue weighted by Gasteiger charge is 2.47. The van der Waals surface area contributed by atoms with Gasteiger partial charge < -0.3 is 10.1 Å². The van der Waals surface area contributed by atoms with Gasteiger partial charge in [0.05, 0.1) is 10.7 Å². The minimum absolute atomic E-state index is 0.00640. The van der Waals surface area contributed by atoms with Crippen LogP contribution in [0.2, 0.25) is 5.02 Å². The highest BCUT2D eigenvalue weighted by molar-refractivity contribution is 6.30. The van der Waals surface area contributed by atoms with Crippen LogP contribution in [0, 0.1) is 19.3 Å². The maximum atomic E-state index is 13.5. The normalized spacial score (nSPS) is 24.6. The Morgan fingerprint density at radius 1 is 1.06 bits per heavy atom. The van der Waals surface area contributed by atoms with Crippen LogP contribution >= 0.6 is 11.6 Å². The van der Waals surface area contributed by atoms with Gasteiger partial charge in [-0.15, -0.1) is 0 Å². The van der Waals surface area contributed by atoms with Crippen LogP contribution in [0.15, 0.2) is 30.5 Å². The predicted molar refractivity (Wildman–Crippen MR) is 140 cm³/mol. The number of nitrogens with zero attached hydrogens (tertiary/aromatic N) is 1. The number of pyridine rings is 1. The van der Waals surface area contributed by atoms with Gasteiger partial charge >= 0.3 is 6.09 Å². The Morgan fingerprint density at radius 2 is 1.64 bits per heavy atom. The predicted octanol–water partition coefficient (Wildman–Crippen LogP) is 6.49. The van der Waals surface area contributed by atoms with Crippen LogP contribution in [0.25, 0.3) is 11.3 Å². The minimum Gasteiger partial charge on any atom is -0.444 e. The first kappa shape index (κ1) is 26.3. The Hall–Kier alpha value is -2.73. The molecule has 1 N–H and O–H groups in total. The summed E-state index contributed by atoms with van der Waals surface area (Å²) >= 11 is 5.97. The molecule has 2 saturated carbocycles. The highest BCUT2D eigenvalue weighted by atomic mass is 35.5. The van der Waals surface area contributed by atoms with E-state index in [0.717, 1.165) is 53.6 Å². The second kappa shape index (κ2) is 9.97. The fourth-order valence-electron chi connectivity index (χ4n) is 5.83. The lowest BCUT2D eigenvalue weighted by molar-refractivity contribution is -0.138. The summed E-state index contributed by atoms with van der Waals surface area (Å²) in [7, 11) is 0. The largest absolute Gasteiger partial charge is 0.444 e. The molecule has 4 rings (SSSR count). The molecule has 1 amide bonds. The second-order valence-electron chi connectivity index (χ2n) is 11.5. The van der Waals surface area contributed by atoms with Crippen molar-refractivity contribution in [2.75, 3.05) is 0 Å². The summed E-state index contributed by atoms with van der Waals surface area (Å²) in [4.78, 5) is 43.4. The van der Waals surface area contributed by atoms with E-state index in [4.69, 9.17) is 16.3 Å². The lowest BCUT2D eigenvalue weighted by Gasteiger charge is -2.43. The number of alkyl carbamates (subject to hydrolysis) is 1. The Kier molecular flexibility index (Phi) is 7.29. The number of nitrogens with one attached hydrogen (secondary N) is 1. The molecule has 36 heavy (non-hydrogen) atoms. The number of amides is 1.